The number of ether oxygens (including phenoxy) is 2. The standard InChI is InChI=1S/C22H29N6O18P3/c1-9-2-3-27(4-10(9)22(32)33)20-16(31)14(29)11(43-20)5-41-48(37,38)46-49(39,40)42-6-12-15(30)17(45-47(34,35)36)21(44-12)28-8-26-13-18(23)24-7-25-19(13)28/h2-4,7-8,11-12,14-17,20-21,29-31H,5-6H2,1H3,(H6-,23,24,25,32,33,34,35,36,37,38,39,40)/t11-,12-,14-,15-,16-,17-,20-,21-/m1/s1. The van der Waals surface area contributed by atoms with Crippen LogP contribution in [0.3, 0.4) is 0 Å². The molecule has 3 aromatic heterocycles. The SMILES string of the molecule is Cc1cc[n+]([C@@H]2O[C@H](COP(=O)([O-])OP(=O)(O)OC[C@H]3O[C@@H](n4cnc5c(N)ncnc54)[C@H](OP(=O)(O)O)[C@@H]3O)[C@@H](O)[C@H]2O)cc1C(=O)O. The van der Waals surface area contributed by atoms with Gasteiger partial charge in [0, 0.05) is 6.07 Å². The maximum atomic E-state index is 12.5. The molecular formula is C22H29N6O18P3. The fourth-order valence-corrected chi connectivity index (χ4v) is 7.59. The van der Waals surface area contributed by atoms with E-state index in [4.69, 9.17) is 15.2 Å². The smallest absolute Gasteiger partial charge is 0.478 e. The second-order valence-electron chi connectivity index (χ2n) is 10.6. The summed E-state index contributed by atoms with van der Waals surface area (Å²) in [6.07, 6.45) is -8.91. The Balaban J connectivity index is 1.21. The van der Waals surface area contributed by atoms with Crippen LogP contribution < -0.4 is 15.2 Å². The Morgan fingerprint density at radius 2 is 1.71 bits per heavy atom. The summed E-state index contributed by atoms with van der Waals surface area (Å²) in [6, 6.07) is 1.40. The molecule has 0 radical (unpaired) electrons. The zero-order chi connectivity index (χ0) is 36.1. The number of carboxylic acid groups (broad SMARTS) is 1. The molecule has 2 unspecified atom stereocenters. The highest BCUT2D eigenvalue weighted by Crippen LogP contribution is 2.58. The van der Waals surface area contributed by atoms with Gasteiger partial charge < -0.3 is 59.7 Å². The van der Waals surface area contributed by atoms with Crippen LogP contribution in [0.1, 0.15) is 28.4 Å². The largest absolute Gasteiger partial charge is 0.756 e. The molecule has 2 aliphatic heterocycles. The number of nitrogens with two attached hydrogens (primary N) is 1. The lowest BCUT2D eigenvalue weighted by molar-refractivity contribution is -0.765. The van der Waals surface area contributed by atoms with E-state index in [1.54, 1.807) is 0 Å². The van der Waals surface area contributed by atoms with Crippen molar-refractivity contribution in [2.75, 3.05) is 18.9 Å². The first kappa shape index (κ1) is 37.4. The number of nitrogens with zero attached hydrogens (tertiary/aromatic N) is 5. The predicted octanol–water partition coefficient (Wildman–Crippen LogP) is -2.62. The van der Waals surface area contributed by atoms with Gasteiger partial charge in [0.25, 0.3) is 14.1 Å². The van der Waals surface area contributed by atoms with Gasteiger partial charge in [0.1, 0.15) is 47.9 Å². The van der Waals surface area contributed by atoms with Gasteiger partial charge in [-0.25, -0.2) is 33.2 Å². The van der Waals surface area contributed by atoms with Crippen LogP contribution in [0.4, 0.5) is 5.82 Å². The maximum absolute atomic E-state index is 12.5. The first-order chi connectivity index (χ1) is 22.8. The summed E-state index contributed by atoms with van der Waals surface area (Å²) < 4.78 is 67.9. The van der Waals surface area contributed by atoms with Crippen LogP contribution >= 0.6 is 23.5 Å². The maximum Gasteiger partial charge on any atom is 0.478 e. The van der Waals surface area contributed by atoms with E-state index < -0.39 is 91.7 Å². The minimum atomic E-state index is -5.75. The Bertz CT molecular complexity index is 1860. The second kappa shape index (κ2) is 14.0. The molecule has 5 heterocycles. The van der Waals surface area contributed by atoms with E-state index >= 15 is 0 Å². The average molecular weight is 758 g/mol. The number of phosphoric acid groups is 3. The Hall–Kier alpha value is -2.86. The first-order valence-electron chi connectivity index (χ1n) is 13.7. The lowest BCUT2D eigenvalue weighted by Crippen LogP contribution is -2.46. The minimum Gasteiger partial charge on any atom is -0.756 e. The number of hydrogen-bond acceptors (Lipinski definition) is 18. The summed E-state index contributed by atoms with van der Waals surface area (Å²) in [4.78, 5) is 64.4. The van der Waals surface area contributed by atoms with Gasteiger partial charge in [0.05, 0.1) is 19.5 Å². The van der Waals surface area contributed by atoms with Crippen molar-refractivity contribution >= 4 is 46.4 Å². The summed E-state index contributed by atoms with van der Waals surface area (Å²) in [5.74, 6) is -1.35. The lowest BCUT2D eigenvalue weighted by Gasteiger charge is -2.26. The van der Waals surface area contributed by atoms with Crippen LogP contribution in [0.15, 0.2) is 31.1 Å². The topological polar surface area (TPSA) is 362 Å². The molecular weight excluding hydrogens is 729 g/mol. The summed E-state index contributed by atoms with van der Waals surface area (Å²) in [6.45, 7) is -0.636. The molecule has 0 spiro atoms. The van der Waals surface area contributed by atoms with Crippen molar-refractivity contribution in [3.63, 3.8) is 0 Å². The normalized spacial score (nSPS) is 30.0. The zero-order valence-corrected chi connectivity index (χ0v) is 27.4. The molecule has 24 nitrogen and oxygen atoms in total. The number of hydrogen-bond donors (Lipinski definition) is 8. The van der Waals surface area contributed by atoms with Crippen molar-refractivity contribution in [2.45, 2.75) is 56.0 Å². The fourth-order valence-electron chi connectivity index (χ4n) is 4.99. The Morgan fingerprint density at radius 3 is 2.39 bits per heavy atom. The van der Waals surface area contributed by atoms with Crippen molar-refractivity contribution in [3.05, 3.63) is 42.2 Å². The molecule has 0 saturated carbocycles. The number of aliphatic hydroxyl groups excluding tert-OH is 3. The van der Waals surface area contributed by atoms with E-state index in [-0.39, 0.29) is 22.5 Å². The van der Waals surface area contributed by atoms with Crippen molar-refractivity contribution in [1.82, 2.24) is 19.5 Å². The minimum absolute atomic E-state index is 0.0103. The second-order valence-corrected chi connectivity index (χ2v) is 14.8. The van der Waals surface area contributed by atoms with Crippen LogP contribution in [0.25, 0.3) is 11.2 Å². The number of nitrogen functional groups attached to an aromatic ring is 1. The van der Waals surface area contributed by atoms with E-state index in [2.05, 4.69) is 32.8 Å². The number of carbonyl (C=O) groups is 1. The van der Waals surface area contributed by atoms with Crippen LogP contribution in [0, 0.1) is 6.92 Å². The molecule has 2 saturated heterocycles. The molecule has 49 heavy (non-hydrogen) atoms. The van der Waals surface area contributed by atoms with E-state index in [1.165, 1.54) is 19.2 Å². The summed E-state index contributed by atoms with van der Waals surface area (Å²) in [5.41, 5.74) is 6.03. The monoisotopic (exact) mass is 758 g/mol. The highest BCUT2D eigenvalue weighted by Gasteiger charge is 2.51. The van der Waals surface area contributed by atoms with Crippen molar-refractivity contribution in [1.29, 1.82) is 0 Å². The molecule has 2 fully saturated rings. The predicted molar refractivity (Wildman–Crippen MR) is 151 cm³/mol. The number of aromatic carboxylic acids is 1. The van der Waals surface area contributed by atoms with Gasteiger partial charge in [0.15, 0.2) is 36.2 Å². The average Bonchev–Trinajstić information content (AvgIpc) is 3.64. The molecule has 5 rings (SSSR count). The van der Waals surface area contributed by atoms with Gasteiger partial charge >= 0.3 is 21.6 Å². The third-order valence-electron chi connectivity index (χ3n) is 7.30. The van der Waals surface area contributed by atoms with Gasteiger partial charge in [-0.1, -0.05) is 0 Å². The molecule has 0 aromatic carbocycles. The number of rotatable bonds is 13. The molecule has 9 N–H and O–H groups in total. The molecule has 27 heteroatoms. The number of aromatic nitrogens is 5. The van der Waals surface area contributed by atoms with Crippen LogP contribution in [-0.4, -0.2) is 110 Å². The third-order valence-corrected chi connectivity index (χ3v) is 10.4. The van der Waals surface area contributed by atoms with Crippen molar-refractivity contribution < 1.29 is 90.4 Å². The quantitative estimate of drug-likeness (QED) is 0.0653. The Morgan fingerprint density at radius 1 is 1.04 bits per heavy atom. The molecule has 0 aliphatic carbocycles. The molecule has 3 aromatic rings. The van der Waals surface area contributed by atoms with Crippen LogP contribution in [-0.2, 0) is 41.1 Å². The number of phosphoric ester groups is 3. The summed E-state index contributed by atoms with van der Waals surface area (Å²) in [7, 11) is -16.6. The molecule has 0 bridgehead atoms. The summed E-state index contributed by atoms with van der Waals surface area (Å²) in [5, 5.41) is 40.9. The van der Waals surface area contributed by atoms with Crippen molar-refractivity contribution in [2.24, 2.45) is 0 Å². The fraction of sp³-hybridized carbons (Fsp3) is 0.500. The Kier molecular flexibility index (Phi) is 10.7. The van der Waals surface area contributed by atoms with E-state index in [1.807, 2.05) is 0 Å². The third kappa shape index (κ3) is 8.38. The zero-order valence-electron chi connectivity index (χ0n) is 24.7. The van der Waals surface area contributed by atoms with Gasteiger partial charge in [-0.15, -0.1) is 0 Å². The number of fused-ring (bicyclic) bond motifs is 1. The number of imidazole rings is 1. The molecule has 0 amide bonds. The van der Waals surface area contributed by atoms with E-state index in [0.29, 0.717) is 5.56 Å². The van der Waals surface area contributed by atoms with Gasteiger partial charge in [0.2, 0.25) is 0 Å². The highest BCUT2D eigenvalue weighted by atomic mass is 31.3. The first-order valence-corrected chi connectivity index (χ1v) is 18.2. The Labute approximate surface area is 273 Å². The van der Waals surface area contributed by atoms with Gasteiger partial charge in [-0.2, -0.15) is 4.57 Å². The highest BCUT2D eigenvalue weighted by molar-refractivity contribution is 7.60. The summed E-state index contributed by atoms with van der Waals surface area (Å²) >= 11 is 0. The van der Waals surface area contributed by atoms with Gasteiger partial charge in [-0.3, -0.25) is 18.2 Å². The number of aliphatic hydroxyl groups is 3. The van der Waals surface area contributed by atoms with E-state index in [0.717, 1.165) is 28.0 Å². The molecule has 2 aliphatic rings. The number of pyridine rings is 1. The lowest BCUT2D eigenvalue weighted by atomic mass is 10.1. The van der Waals surface area contributed by atoms with Crippen LogP contribution in [0.5, 0.6) is 0 Å². The van der Waals surface area contributed by atoms with Crippen molar-refractivity contribution in [3.8, 4) is 0 Å². The molecule has 10 atom stereocenters. The number of aryl methyl sites for hydroxylation is 1. The van der Waals surface area contributed by atoms with Gasteiger partial charge in [-0.05, 0) is 12.5 Å². The molecule has 270 valence electrons. The van der Waals surface area contributed by atoms with Crippen LogP contribution in [0.2, 0.25) is 0 Å². The number of carboxylic acids is 1. The number of anilines is 1. The van der Waals surface area contributed by atoms with E-state index in [9.17, 15) is 58.5 Å².